The minimum atomic E-state index is -0.306. The van der Waals surface area contributed by atoms with Crippen LogP contribution < -0.4 is 16.0 Å². The first-order chi connectivity index (χ1) is 16.9. The Morgan fingerprint density at radius 3 is 2.46 bits per heavy atom. The minimum absolute atomic E-state index is 0.306. The molecule has 0 aliphatic rings. The van der Waals surface area contributed by atoms with E-state index in [-0.39, 0.29) is 5.82 Å². The van der Waals surface area contributed by atoms with E-state index in [9.17, 15) is 4.39 Å². The van der Waals surface area contributed by atoms with E-state index in [1.165, 1.54) is 12.1 Å². The topological polar surface area (TPSA) is 87.9 Å². The fourth-order valence-electron chi connectivity index (χ4n) is 3.82. The summed E-state index contributed by atoms with van der Waals surface area (Å²) in [6.07, 6.45) is 0. The van der Waals surface area contributed by atoms with Crippen LogP contribution >= 0.6 is 11.6 Å². The first kappa shape index (κ1) is 24.8. The normalized spacial score (nSPS) is 11.1. The summed E-state index contributed by atoms with van der Waals surface area (Å²) in [6, 6.07) is 12.0. The van der Waals surface area contributed by atoms with Gasteiger partial charge in [0.2, 0.25) is 0 Å². The van der Waals surface area contributed by atoms with Crippen molar-refractivity contribution in [2.24, 2.45) is 0 Å². The Kier molecular flexibility index (Phi) is 7.75. The quantitative estimate of drug-likeness (QED) is 0.262. The van der Waals surface area contributed by atoms with Crippen molar-refractivity contribution in [3.8, 4) is 22.6 Å². The van der Waals surface area contributed by atoms with Gasteiger partial charge in [-0.05, 0) is 63.7 Å². The smallest absolute Gasteiger partial charge is 0.163 e. The molecule has 3 N–H and O–H groups in total. The molecular weight excluding hydrogens is 467 g/mol. The summed E-state index contributed by atoms with van der Waals surface area (Å²) >= 11 is 6.84. The van der Waals surface area contributed by atoms with Crippen LogP contribution in [0.4, 0.5) is 15.9 Å². The van der Waals surface area contributed by atoms with E-state index in [0.29, 0.717) is 40.4 Å². The van der Waals surface area contributed by atoms with Crippen LogP contribution in [0.2, 0.25) is 5.02 Å². The van der Waals surface area contributed by atoms with E-state index in [4.69, 9.17) is 26.1 Å². The number of benzene rings is 2. The Morgan fingerprint density at radius 2 is 1.77 bits per heavy atom. The van der Waals surface area contributed by atoms with Gasteiger partial charge in [-0.1, -0.05) is 28.9 Å². The molecule has 0 aliphatic carbocycles. The SMILES string of the molecule is CNCCNCc1cccc(-c2nc(Nc3ccc(F)cc3)c(C)c(-c3c(C)noc3C)n2)c1Cl. The Labute approximate surface area is 209 Å². The van der Waals surface area contributed by atoms with Crippen molar-refractivity contribution in [2.45, 2.75) is 27.3 Å². The number of hydrogen-bond donors (Lipinski definition) is 3. The number of aromatic nitrogens is 3. The van der Waals surface area contributed by atoms with Crippen LogP contribution in [-0.2, 0) is 6.54 Å². The van der Waals surface area contributed by atoms with Gasteiger partial charge in [0, 0.05) is 36.4 Å². The molecule has 0 radical (unpaired) electrons. The summed E-state index contributed by atoms with van der Waals surface area (Å²) < 4.78 is 18.9. The van der Waals surface area contributed by atoms with Gasteiger partial charge in [0.15, 0.2) is 5.82 Å². The fraction of sp³-hybridized carbons (Fsp3) is 0.269. The third-order valence-electron chi connectivity index (χ3n) is 5.71. The standard InChI is InChI=1S/C26H28ClFN6O/c1-15-24(22-16(2)34-35-17(22)3)32-26(33-25(15)31-20-10-8-19(28)9-11-20)21-7-5-6-18(23(21)27)14-30-13-12-29-4/h5-11,29-30H,12-14H2,1-4H3,(H,31,32,33). The molecule has 4 rings (SSSR count). The number of nitrogens with zero attached hydrogens (tertiary/aromatic N) is 3. The largest absolute Gasteiger partial charge is 0.361 e. The zero-order chi connectivity index (χ0) is 24.9. The summed E-state index contributed by atoms with van der Waals surface area (Å²) in [7, 11) is 1.91. The molecule has 2 aromatic carbocycles. The van der Waals surface area contributed by atoms with Crippen LogP contribution in [0.25, 0.3) is 22.6 Å². The summed E-state index contributed by atoms with van der Waals surface area (Å²) in [5, 5.41) is 14.5. The molecule has 2 heterocycles. The van der Waals surface area contributed by atoms with Crippen molar-refractivity contribution in [3.05, 3.63) is 75.9 Å². The van der Waals surface area contributed by atoms with Gasteiger partial charge in [-0.3, -0.25) is 0 Å². The molecule has 2 aromatic heterocycles. The summed E-state index contributed by atoms with van der Waals surface area (Å²) in [6.45, 7) is 7.97. The average Bonchev–Trinajstić information content (AvgIpc) is 3.18. The molecule has 182 valence electrons. The summed E-state index contributed by atoms with van der Waals surface area (Å²) in [5.74, 6) is 1.41. The van der Waals surface area contributed by atoms with E-state index in [2.05, 4.69) is 21.1 Å². The van der Waals surface area contributed by atoms with E-state index >= 15 is 0 Å². The first-order valence-corrected chi connectivity index (χ1v) is 11.7. The second-order valence-electron chi connectivity index (χ2n) is 8.26. The maximum atomic E-state index is 13.4. The maximum Gasteiger partial charge on any atom is 0.163 e. The molecule has 35 heavy (non-hydrogen) atoms. The number of likely N-dealkylation sites (N-methyl/N-ethyl adjacent to an activating group) is 1. The van der Waals surface area contributed by atoms with Crippen LogP contribution in [0.15, 0.2) is 47.0 Å². The van der Waals surface area contributed by atoms with E-state index in [1.54, 1.807) is 12.1 Å². The highest BCUT2D eigenvalue weighted by Crippen LogP contribution is 2.36. The second kappa shape index (κ2) is 10.9. The molecular formula is C26H28ClFN6O. The lowest BCUT2D eigenvalue weighted by atomic mass is 10.0. The van der Waals surface area contributed by atoms with Gasteiger partial charge in [-0.2, -0.15) is 0 Å². The Balaban J connectivity index is 1.81. The van der Waals surface area contributed by atoms with Crippen molar-refractivity contribution in [1.29, 1.82) is 0 Å². The van der Waals surface area contributed by atoms with Crippen molar-refractivity contribution in [2.75, 3.05) is 25.5 Å². The summed E-state index contributed by atoms with van der Waals surface area (Å²) in [4.78, 5) is 9.73. The van der Waals surface area contributed by atoms with Gasteiger partial charge in [0.1, 0.15) is 17.4 Å². The van der Waals surface area contributed by atoms with Crippen LogP contribution in [0.5, 0.6) is 0 Å². The highest BCUT2D eigenvalue weighted by molar-refractivity contribution is 6.34. The van der Waals surface area contributed by atoms with Crippen molar-refractivity contribution >= 4 is 23.1 Å². The molecule has 0 fully saturated rings. The average molecular weight is 495 g/mol. The number of rotatable bonds is 9. The molecule has 4 aromatic rings. The molecule has 0 atom stereocenters. The Hall–Kier alpha value is -3.33. The lowest BCUT2D eigenvalue weighted by Crippen LogP contribution is -2.24. The predicted octanol–water partition coefficient (Wildman–Crippen LogP) is 5.57. The monoisotopic (exact) mass is 494 g/mol. The molecule has 0 bridgehead atoms. The molecule has 0 saturated carbocycles. The van der Waals surface area contributed by atoms with Crippen LogP contribution in [0.3, 0.4) is 0 Å². The minimum Gasteiger partial charge on any atom is -0.361 e. The highest BCUT2D eigenvalue weighted by Gasteiger charge is 2.21. The van der Waals surface area contributed by atoms with Crippen molar-refractivity contribution in [3.63, 3.8) is 0 Å². The third kappa shape index (κ3) is 5.51. The predicted molar refractivity (Wildman–Crippen MR) is 138 cm³/mol. The van der Waals surface area contributed by atoms with Crippen LogP contribution in [0, 0.1) is 26.6 Å². The third-order valence-corrected chi connectivity index (χ3v) is 6.16. The lowest BCUT2D eigenvalue weighted by Gasteiger charge is -2.16. The maximum absolute atomic E-state index is 13.4. The Bertz CT molecular complexity index is 1300. The van der Waals surface area contributed by atoms with Crippen molar-refractivity contribution in [1.82, 2.24) is 25.8 Å². The molecule has 0 saturated heterocycles. The van der Waals surface area contributed by atoms with E-state index in [0.717, 1.165) is 41.0 Å². The molecule has 0 aliphatic heterocycles. The highest BCUT2D eigenvalue weighted by atomic mass is 35.5. The first-order valence-electron chi connectivity index (χ1n) is 11.4. The second-order valence-corrected chi connectivity index (χ2v) is 8.64. The number of halogens is 2. The summed E-state index contributed by atoms with van der Waals surface area (Å²) in [5.41, 5.74) is 5.44. The Morgan fingerprint density at radius 1 is 1.00 bits per heavy atom. The van der Waals surface area contributed by atoms with Crippen molar-refractivity contribution < 1.29 is 8.91 Å². The fourth-order valence-corrected chi connectivity index (χ4v) is 4.10. The lowest BCUT2D eigenvalue weighted by molar-refractivity contribution is 0.393. The molecule has 0 amide bonds. The number of hydrogen-bond acceptors (Lipinski definition) is 7. The number of aryl methyl sites for hydroxylation is 2. The van der Waals surface area contributed by atoms with Gasteiger partial charge >= 0.3 is 0 Å². The van der Waals surface area contributed by atoms with Gasteiger partial charge in [0.25, 0.3) is 0 Å². The number of anilines is 2. The molecule has 7 nitrogen and oxygen atoms in total. The van der Waals surface area contributed by atoms with E-state index < -0.39 is 0 Å². The van der Waals surface area contributed by atoms with Gasteiger partial charge in [-0.25, -0.2) is 14.4 Å². The zero-order valence-corrected chi connectivity index (χ0v) is 20.9. The van der Waals surface area contributed by atoms with Gasteiger partial charge in [0.05, 0.1) is 22.0 Å². The molecule has 9 heteroatoms. The van der Waals surface area contributed by atoms with Crippen LogP contribution in [-0.4, -0.2) is 35.3 Å². The molecule has 0 unspecified atom stereocenters. The number of nitrogens with one attached hydrogen (secondary N) is 3. The molecule has 0 spiro atoms. The van der Waals surface area contributed by atoms with Gasteiger partial charge in [-0.15, -0.1) is 0 Å². The zero-order valence-electron chi connectivity index (χ0n) is 20.2. The van der Waals surface area contributed by atoms with Crippen LogP contribution in [0.1, 0.15) is 22.6 Å². The van der Waals surface area contributed by atoms with E-state index in [1.807, 2.05) is 46.0 Å². The van der Waals surface area contributed by atoms with Gasteiger partial charge < -0.3 is 20.5 Å².